The van der Waals surface area contributed by atoms with Gasteiger partial charge in [0.25, 0.3) is 0 Å². The standard InChI is InChI=1S/C26H42N4O/c1-28(2)16-7-10-25(31)29-20-24-9-4-3-8-23(24)18-26(21-29)13-5-6-17-30(26)19-22-11-14-27-15-12-22/h3-4,8-9,22,27H,5-7,10-21H2,1-2H3. The van der Waals surface area contributed by atoms with E-state index in [-0.39, 0.29) is 5.54 Å². The molecule has 0 bridgehead atoms. The van der Waals surface area contributed by atoms with Gasteiger partial charge in [0.05, 0.1) is 0 Å². The molecule has 1 unspecified atom stereocenters. The average Bonchev–Trinajstić information content (AvgIpc) is 2.93. The zero-order chi connectivity index (χ0) is 21.7. The summed E-state index contributed by atoms with van der Waals surface area (Å²) >= 11 is 0. The summed E-state index contributed by atoms with van der Waals surface area (Å²) in [7, 11) is 4.17. The second kappa shape index (κ2) is 10.5. The highest BCUT2D eigenvalue weighted by Crippen LogP contribution is 2.37. The molecule has 3 aliphatic heterocycles. The molecule has 3 heterocycles. The Morgan fingerprint density at radius 1 is 1.16 bits per heavy atom. The number of fused-ring (bicyclic) bond motifs is 1. The minimum Gasteiger partial charge on any atom is -0.336 e. The number of hydrogen-bond acceptors (Lipinski definition) is 4. The fourth-order valence-electron chi connectivity index (χ4n) is 5.98. The summed E-state index contributed by atoms with van der Waals surface area (Å²) in [6.45, 7) is 7.35. The predicted molar refractivity (Wildman–Crippen MR) is 127 cm³/mol. The molecule has 172 valence electrons. The smallest absolute Gasteiger partial charge is 0.222 e. The Morgan fingerprint density at radius 3 is 2.71 bits per heavy atom. The third-order valence-corrected chi connectivity index (χ3v) is 7.76. The van der Waals surface area contributed by atoms with Crippen molar-refractivity contribution in [2.75, 3.05) is 53.4 Å². The van der Waals surface area contributed by atoms with E-state index in [9.17, 15) is 4.79 Å². The third-order valence-electron chi connectivity index (χ3n) is 7.76. The monoisotopic (exact) mass is 426 g/mol. The molecule has 1 aromatic carbocycles. The largest absolute Gasteiger partial charge is 0.336 e. The van der Waals surface area contributed by atoms with Gasteiger partial charge in [0, 0.05) is 31.6 Å². The van der Waals surface area contributed by atoms with Crippen LogP contribution in [0.5, 0.6) is 0 Å². The van der Waals surface area contributed by atoms with Crippen molar-refractivity contribution in [1.29, 1.82) is 0 Å². The maximum atomic E-state index is 13.3. The summed E-state index contributed by atoms with van der Waals surface area (Å²) < 4.78 is 0. The fraction of sp³-hybridized carbons (Fsp3) is 0.731. The maximum Gasteiger partial charge on any atom is 0.222 e. The van der Waals surface area contributed by atoms with Crippen LogP contribution in [0.25, 0.3) is 0 Å². The number of piperidine rings is 2. The summed E-state index contributed by atoms with van der Waals surface area (Å²) in [6, 6.07) is 8.88. The van der Waals surface area contributed by atoms with Crippen LogP contribution in [0.4, 0.5) is 0 Å². The van der Waals surface area contributed by atoms with Gasteiger partial charge in [-0.15, -0.1) is 0 Å². The van der Waals surface area contributed by atoms with E-state index in [0.29, 0.717) is 12.3 Å². The van der Waals surface area contributed by atoms with E-state index in [0.717, 1.165) is 51.5 Å². The van der Waals surface area contributed by atoms with Gasteiger partial charge >= 0.3 is 0 Å². The summed E-state index contributed by atoms with van der Waals surface area (Å²) in [6.07, 6.45) is 9.06. The summed E-state index contributed by atoms with van der Waals surface area (Å²) in [5, 5.41) is 3.52. The first kappa shape index (κ1) is 22.8. The Balaban J connectivity index is 1.57. The number of nitrogens with one attached hydrogen (secondary N) is 1. The zero-order valence-electron chi connectivity index (χ0n) is 19.7. The van der Waals surface area contributed by atoms with Crippen LogP contribution in [0.15, 0.2) is 24.3 Å². The van der Waals surface area contributed by atoms with Gasteiger partial charge in [0.15, 0.2) is 0 Å². The average molecular weight is 427 g/mol. The second-order valence-corrected chi connectivity index (χ2v) is 10.4. The minimum absolute atomic E-state index is 0.104. The topological polar surface area (TPSA) is 38.8 Å². The molecule has 0 aromatic heterocycles. The van der Waals surface area contributed by atoms with Crippen LogP contribution in [0.1, 0.15) is 56.1 Å². The van der Waals surface area contributed by atoms with Crippen molar-refractivity contribution < 1.29 is 4.79 Å². The molecule has 0 saturated carbocycles. The molecular weight excluding hydrogens is 384 g/mol. The second-order valence-electron chi connectivity index (χ2n) is 10.4. The highest BCUT2D eigenvalue weighted by Gasteiger charge is 2.43. The van der Waals surface area contributed by atoms with E-state index in [1.54, 1.807) is 0 Å². The van der Waals surface area contributed by atoms with Crippen molar-refractivity contribution >= 4 is 5.91 Å². The van der Waals surface area contributed by atoms with Crippen LogP contribution in [0, 0.1) is 5.92 Å². The number of hydrogen-bond donors (Lipinski definition) is 1. The lowest BCUT2D eigenvalue weighted by Crippen LogP contribution is -2.60. The number of nitrogens with zero attached hydrogens (tertiary/aromatic N) is 3. The molecule has 31 heavy (non-hydrogen) atoms. The molecule has 1 atom stereocenters. The molecule has 5 heteroatoms. The number of rotatable bonds is 6. The van der Waals surface area contributed by atoms with Crippen LogP contribution in [0.3, 0.4) is 0 Å². The van der Waals surface area contributed by atoms with Crippen LogP contribution in [-0.4, -0.2) is 79.5 Å². The molecule has 0 aliphatic carbocycles. The van der Waals surface area contributed by atoms with Crippen molar-refractivity contribution in [1.82, 2.24) is 20.0 Å². The Kier molecular flexibility index (Phi) is 7.68. The molecular formula is C26H42N4O. The van der Waals surface area contributed by atoms with E-state index < -0.39 is 0 Å². The number of amides is 1. The van der Waals surface area contributed by atoms with E-state index in [2.05, 4.69) is 58.4 Å². The number of carbonyl (C=O) groups is 1. The highest BCUT2D eigenvalue weighted by atomic mass is 16.2. The predicted octanol–water partition coefficient (Wildman–Crippen LogP) is 3.14. The van der Waals surface area contributed by atoms with Crippen molar-refractivity contribution in [2.24, 2.45) is 5.92 Å². The van der Waals surface area contributed by atoms with E-state index in [1.165, 1.54) is 56.3 Å². The van der Waals surface area contributed by atoms with Crippen molar-refractivity contribution in [3.8, 4) is 0 Å². The molecule has 4 rings (SSSR count). The molecule has 1 N–H and O–H groups in total. The zero-order valence-corrected chi connectivity index (χ0v) is 19.7. The molecule has 1 amide bonds. The van der Waals surface area contributed by atoms with Crippen molar-refractivity contribution in [2.45, 2.75) is 63.5 Å². The Morgan fingerprint density at radius 2 is 1.94 bits per heavy atom. The van der Waals surface area contributed by atoms with Crippen LogP contribution in [0.2, 0.25) is 0 Å². The normalized spacial score (nSPS) is 25.6. The Hall–Kier alpha value is -1.43. The van der Waals surface area contributed by atoms with Gasteiger partial charge in [-0.05, 0) is 95.8 Å². The summed E-state index contributed by atoms with van der Waals surface area (Å²) in [5.41, 5.74) is 2.92. The quantitative estimate of drug-likeness (QED) is 0.759. The van der Waals surface area contributed by atoms with Crippen molar-refractivity contribution in [3.63, 3.8) is 0 Å². The molecule has 1 aromatic rings. The first-order valence-electron chi connectivity index (χ1n) is 12.5. The minimum atomic E-state index is 0.104. The van der Waals surface area contributed by atoms with Gasteiger partial charge in [-0.3, -0.25) is 9.69 Å². The van der Waals surface area contributed by atoms with E-state index >= 15 is 0 Å². The third kappa shape index (κ3) is 5.68. The highest BCUT2D eigenvalue weighted by molar-refractivity contribution is 5.76. The molecule has 1 spiro atoms. The lowest BCUT2D eigenvalue weighted by Gasteiger charge is -2.50. The number of carbonyl (C=O) groups excluding carboxylic acids is 1. The molecule has 2 fully saturated rings. The van der Waals surface area contributed by atoms with Gasteiger partial charge in [-0.2, -0.15) is 0 Å². The van der Waals surface area contributed by atoms with Gasteiger partial charge in [-0.25, -0.2) is 0 Å². The van der Waals surface area contributed by atoms with E-state index in [4.69, 9.17) is 0 Å². The summed E-state index contributed by atoms with van der Waals surface area (Å²) in [4.78, 5) is 20.5. The maximum absolute atomic E-state index is 13.3. The summed E-state index contributed by atoms with van der Waals surface area (Å²) in [5.74, 6) is 1.13. The first-order valence-corrected chi connectivity index (χ1v) is 12.5. The fourth-order valence-corrected chi connectivity index (χ4v) is 5.98. The van der Waals surface area contributed by atoms with Gasteiger partial charge in [0.2, 0.25) is 5.91 Å². The lowest BCUT2D eigenvalue weighted by atomic mass is 9.79. The molecule has 5 nitrogen and oxygen atoms in total. The number of benzene rings is 1. The van der Waals surface area contributed by atoms with Gasteiger partial charge < -0.3 is 15.1 Å². The van der Waals surface area contributed by atoms with Crippen LogP contribution in [-0.2, 0) is 17.8 Å². The first-order chi connectivity index (χ1) is 15.1. The van der Waals surface area contributed by atoms with Gasteiger partial charge in [0.1, 0.15) is 0 Å². The van der Waals surface area contributed by atoms with Crippen LogP contribution >= 0.6 is 0 Å². The Bertz CT molecular complexity index is 730. The molecule has 3 aliphatic rings. The van der Waals surface area contributed by atoms with E-state index in [1.807, 2.05) is 0 Å². The SMILES string of the molecule is CN(C)CCCC(=O)N1Cc2ccccc2CC2(CCCCN2CC2CCNCC2)C1. The van der Waals surface area contributed by atoms with Gasteiger partial charge in [-0.1, -0.05) is 30.7 Å². The lowest BCUT2D eigenvalue weighted by molar-refractivity contribution is -0.134. The molecule has 0 radical (unpaired) electrons. The number of likely N-dealkylation sites (tertiary alicyclic amines) is 1. The van der Waals surface area contributed by atoms with Crippen molar-refractivity contribution in [3.05, 3.63) is 35.4 Å². The Labute approximate surface area is 189 Å². The molecule has 2 saturated heterocycles. The van der Waals surface area contributed by atoms with Crippen LogP contribution < -0.4 is 5.32 Å².